The van der Waals surface area contributed by atoms with Gasteiger partial charge in [0.15, 0.2) is 0 Å². The van der Waals surface area contributed by atoms with Crippen molar-refractivity contribution < 1.29 is 28.9 Å². The summed E-state index contributed by atoms with van der Waals surface area (Å²) in [6.07, 6.45) is 2.12. The molecule has 202 valence electrons. The van der Waals surface area contributed by atoms with Crippen LogP contribution in [0.4, 0.5) is 0 Å². The van der Waals surface area contributed by atoms with Crippen molar-refractivity contribution in [3.63, 3.8) is 0 Å². The predicted molar refractivity (Wildman–Crippen MR) is 148 cm³/mol. The van der Waals surface area contributed by atoms with Gasteiger partial charge in [-0.3, -0.25) is 9.59 Å². The van der Waals surface area contributed by atoms with E-state index in [4.69, 9.17) is 19.3 Å². The standard InChI is InChI=1S/C32H38O6/c1-4-23(2)17-24(3)36-20-27-9-6-10-29(19-27)28-11-13-30(14-12-28)37-21-25-7-5-8-26(18-25)22-38-32(35)16-15-31(33)34/h5-14,18-19,23-24H,4,15-17,20-22H2,1-3H3,(H,33,34). The Morgan fingerprint density at radius 3 is 2.13 bits per heavy atom. The Hall–Kier alpha value is -3.64. The molecular formula is C32H38O6. The lowest BCUT2D eigenvalue weighted by Gasteiger charge is -2.17. The summed E-state index contributed by atoms with van der Waals surface area (Å²) in [7, 11) is 0. The van der Waals surface area contributed by atoms with E-state index in [1.165, 1.54) is 6.42 Å². The van der Waals surface area contributed by atoms with E-state index in [2.05, 4.69) is 45.0 Å². The van der Waals surface area contributed by atoms with Crippen LogP contribution in [0.25, 0.3) is 11.1 Å². The first-order valence-corrected chi connectivity index (χ1v) is 13.2. The number of aliphatic carboxylic acids is 1. The maximum Gasteiger partial charge on any atom is 0.306 e. The zero-order valence-corrected chi connectivity index (χ0v) is 22.5. The van der Waals surface area contributed by atoms with E-state index in [9.17, 15) is 9.59 Å². The molecule has 3 aromatic rings. The second kappa shape index (κ2) is 14.9. The van der Waals surface area contributed by atoms with Crippen molar-refractivity contribution in [2.45, 2.75) is 72.4 Å². The van der Waals surface area contributed by atoms with Gasteiger partial charge >= 0.3 is 11.9 Å². The first kappa shape index (κ1) is 28.9. The summed E-state index contributed by atoms with van der Waals surface area (Å²) in [6.45, 7) is 7.70. The second-order valence-electron chi connectivity index (χ2n) is 9.76. The molecule has 1 N–H and O–H groups in total. The summed E-state index contributed by atoms with van der Waals surface area (Å²) >= 11 is 0. The highest BCUT2D eigenvalue weighted by Gasteiger charge is 2.09. The van der Waals surface area contributed by atoms with Crippen LogP contribution in [0.15, 0.2) is 72.8 Å². The molecule has 0 aliphatic heterocycles. The van der Waals surface area contributed by atoms with Crippen LogP contribution in [0.1, 0.15) is 63.1 Å². The van der Waals surface area contributed by atoms with Gasteiger partial charge in [-0.15, -0.1) is 0 Å². The average molecular weight is 519 g/mol. The molecule has 0 radical (unpaired) electrons. The molecule has 0 aromatic heterocycles. The van der Waals surface area contributed by atoms with E-state index in [1.54, 1.807) is 0 Å². The number of esters is 1. The molecule has 2 atom stereocenters. The van der Waals surface area contributed by atoms with Gasteiger partial charge in [0.2, 0.25) is 0 Å². The van der Waals surface area contributed by atoms with Crippen LogP contribution in [0, 0.1) is 5.92 Å². The number of hydrogen-bond donors (Lipinski definition) is 1. The van der Waals surface area contributed by atoms with Crippen LogP contribution in [0.3, 0.4) is 0 Å². The quantitative estimate of drug-likeness (QED) is 0.215. The molecule has 0 aliphatic carbocycles. The molecule has 38 heavy (non-hydrogen) atoms. The smallest absolute Gasteiger partial charge is 0.306 e. The number of carbonyl (C=O) groups excluding carboxylic acids is 1. The van der Waals surface area contributed by atoms with Gasteiger partial charge in [0.25, 0.3) is 0 Å². The maximum atomic E-state index is 11.7. The lowest BCUT2D eigenvalue weighted by Crippen LogP contribution is -2.12. The number of hydrogen-bond acceptors (Lipinski definition) is 5. The topological polar surface area (TPSA) is 82.1 Å². The molecule has 0 saturated carbocycles. The fraction of sp³-hybridized carbons (Fsp3) is 0.375. The Morgan fingerprint density at radius 1 is 0.789 bits per heavy atom. The summed E-state index contributed by atoms with van der Waals surface area (Å²) in [5.41, 5.74) is 5.18. The molecule has 0 spiro atoms. The Morgan fingerprint density at radius 2 is 1.45 bits per heavy atom. The molecule has 0 amide bonds. The van der Waals surface area contributed by atoms with Gasteiger partial charge in [-0.05, 0) is 71.3 Å². The van der Waals surface area contributed by atoms with E-state index in [1.807, 2.05) is 48.5 Å². The predicted octanol–water partition coefficient (Wildman–Crippen LogP) is 7.18. The van der Waals surface area contributed by atoms with E-state index >= 15 is 0 Å². The number of benzene rings is 3. The third kappa shape index (κ3) is 10.0. The van der Waals surface area contributed by atoms with Crippen LogP contribution < -0.4 is 4.74 Å². The highest BCUT2D eigenvalue weighted by Crippen LogP contribution is 2.25. The van der Waals surface area contributed by atoms with Gasteiger partial charge in [-0.2, -0.15) is 0 Å². The molecule has 0 saturated heterocycles. The summed E-state index contributed by atoms with van der Waals surface area (Å²) in [5, 5.41) is 8.66. The molecule has 0 aliphatic rings. The second-order valence-corrected chi connectivity index (χ2v) is 9.76. The fourth-order valence-electron chi connectivity index (χ4n) is 4.04. The number of ether oxygens (including phenoxy) is 3. The average Bonchev–Trinajstić information content (AvgIpc) is 2.93. The summed E-state index contributed by atoms with van der Waals surface area (Å²) in [4.78, 5) is 22.2. The van der Waals surface area contributed by atoms with Crippen molar-refractivity contribution in [3.8, 4) is 16.9 Å². The van der Waals surface area contributed by atoms with E-state index in [0.29, 0.717) is 19.1 Å². The molecule has 0 fully saturated rings. The van der Waals surface area contributed by atoms with E-state index in [0.717, 1.165) is 40.0 Å². The van der Waals surface area contributed by atoms with Crippen molar-refractivity contribution in [1.82, 2.24) is 0 Å². The highest BCUT2D eigenvalue weighted by atomic mass is 16.5. The van der Waals surface area contributed by atoms with Crippen LogP contribution in [-0.2, 0) is 38.9 Å². The molecular weight excluding hydrogens is 480 g/mol. The Bertz CT molecular complexity index is 1170. The largest absolute Gasteiger partial charge is 0.489 e. The summed E-state index contributed by atoms with van der Waals surface area (Å²) < 4.78 is 17.2. The van der Waals surface area contributed by atoms with Gasteiger partial charge in [0, 0.05) is 0 Å². The molecule has 6 nitrogen and oxygen atoms in total. The van der Waals surface area contributed by atoms with Crippen LogP contribution in [0.5, 0.6) is 5.75 Å². The van der Waals surface area contributed by atoms with Crippen molar-refractivity contribution in [1.29, 1.82) is 0 Å². The van der Waals surface area contributed by atoms with Gasteiger partial charge < -0.3 is 19.3 Å². The van der Waals surface area contributed by atoms with Crippen LogP contribution >= 0.6 is 0 Å². The van der Waals surface area contributed by atoms with E-state index < -0.39 is 11.9 Å². The van der Waals surface area contributed by atoms with Crippen molar-refractivity contribution >= 4 is 11.9 Å². The zero-order valence-electron chi connectivity index (χ0n) is 22.5. The molecule has 3 aromatic carbocycles. The maximum absolute atomic E-state index is 11.7. The van der Waals surface area contributed by atoms with Gasteiger partial charge in [0.05, 0.1) is 25.6 Å². The lowest BCUT2D eigenvalue weighted by atomic mass is 10.0. The van der Waals surface area contributed by atoms with Crippen molar-refractivity contribution in [2.24, 2.45) is 5.92 Å². The van der Waals surface area contributed by atoms with Gasteiger partial charge in [0.1, 0.15) is 19.0 Å². The number of carbonyl (C=O) groups is 2. The Balaban J connectivity index is 1.50. The number of carboxylic acids is 1. The molecule has 6 heteroatoms. The Kier molecular flexibility index (Phi) is 11.4. The third-order valence-electron chi connectivity index (χ3n) is 6.42. The third-order valence-corrected chi connectivity index (χ3v) is 6.42. The lowest BCUT2D eigenvalue weighted by molar-refractivity contribution is -0.148. The monoisotopic (exact) mass is 518 g/mol. The molecule has 0 heterocycles. The summed E-state index contributed by atoms with van der Waals surface area (Å²) in [5.74, 6) is -0.113. The molecule has 2 unspecified atom stereocenters. The van der Waals surface area contributed by atoms with Crippen molar-refractivity contribution in [2.75, 3.05) is 0 Å². The van der Waals surface area contributed by atoms with Crippen LogP contribution in [-0.4, -0.2) is 23.1 Å². The molecule has 3 rings (SSSR count). The van der Waals surface area contributed by atoms with E-state index in [-0.39, 0.29) is 25.6 Å². The first-order valence-electron chi connectivity index (χ1n) is 13.2. The first-order chi connectivity index (χ1) is 18.3. The Labute approximate surface area is 225 Å². The fourth-order valence-corrected chi connectivity index (χ4v) is 4.04. The summed E-state index contributed by atoms with van der Waals surface area (Å²) in [6, 6.07) is 24.0. The van der Waals surface area contributed by atoms with Crippen LogP contribution in [0.2, 0.25) is 0 Å². The normalized spacial score (nSPS) is 12.5. The minimum Gasteiger partial charge on any atom is -0.489 e. The minimum atomic E-state index is -1.02. The highest BCUT2D eigenvalue weighted by molar-refractivity contribution is 5.76. The minimum absolute atomic E-state index is 0.0991. The molecule has 0 bridgehead atoms. The number of rotatable bonds is 15. The van der Waals surface area contributed by atoms with Gasteiger partial charge in [-0.1, -0.05) is 68.8 Å². The zero-order chi connectivity index (χ0) is 27.3. The SMILES string of the molecule is CCC(C)CC(C)OCc1cccc(-c2ccc(OCc3cccc(COC(=O)CCC(=O)O)c3)cc2)c1. The number of carboxylic acid groups (broad SMARTS) is 1. The van der Waals surface area contributed by atoms with Gasteiger partial charge in [-0.25, -0.2) is 0 Å². The van der Waals surface area contributed by atoms with Crippen molar-refractivity contribution in [3.05, 3.63) is 89.5 Å².